The van der Waals surface area contributed by atoms with Crippen molar-refractivity contribution in [1.82, 2.24) is 0 Å². The molecule has 1 aromatic carbocycles. The minimum atomic E-state index is -0.427. The SMILES string of the molecule is COC(=O)c1ccc(C=C(C(C)=O)C(C)=O)cc1. The van der Waals surface area contributed by atoms with Crippen LogP contribution in [-0.2, 0) is 14.3 Å². The Morgan fingerprint density at radius 3 is 1.89 bits per heavy atom. The second-order valence-corrected chi connectivity index (χ2v) is 3.78. The summed E-state index contributed by atoms with van der Waals surface area (Å²) < 4.78 is 4.57. The minimum Gasteiger partial charge on any atom is -0.465 e. The van der Waals surface area contributed by atoms with E-state index in [0.717, 1.165) is 0 Å². The van der Waals surface area contributed by atoms with E-state index in [4.69, 9.17) is 0 Å². The zero-order valence-electron chi connectivity index (χ0n) is 10.5. The quantitative estimate of drug-likeness (QED) is 0.353. The molecule has 4 heteroatoms. The predicted molar refractivity (Wildman–Crippen MR) is 67.1 cm³/mol. The number of carbonyl (C=O) groups excluding carboxylic acids is 3. The van der Waals surface area contributed by atoms with Gasteiger partial charge in [-0.25, -0.2) is 4.79 Å². The Hall–Kier alpha value is -2.23. The molecule has 1 rings (SSSR count). The Balaban J connectivity index is 3.05. The van der Waals surface area contributed by atoms with Crippen LogP contribution in [0.25, 0.3) is 6.08 Å². The molecule has 0 amide bonds. The van der Waals surface area contributed by atoms with Gasteiger partial charge >= 0.3 is 5.97 Å². The standard InChI is InChI=1S/C14H14O4/c1-9(15)13(10(2)16)8-11-4-6-12(7-5-11)14(17)18-3/h4-8H,1-3H3. The third-order valence-corrected chi connectivity index (χ3v) is 2.40. The van der Waals surface area contributed by atoms with Gasteiger partial charge in [0, 0.05) is 0 Å². The van der Waals surface area contributed by atoms with Crippen LogP contribution in [0, 0.1) is 0 Å². The number of ether oxygens (including phenoxy) is 1. The molecule has 0 aliphatic carbocycles. The summed E-state index contributed by atoms with van der Waals surface area (Å²) >= 11 is 0. The number of esters is 1. The van der Waals surface area contributed by atoms with Gasteiger partial charge in [0.15, 0.2) is 11.6 Å². The van der Waals surface area contributed by atoms with Crippen LogP contribution in [0.1, 0.15) is 29.8 Å². The maximum absolute atomic E-state index is 11.2. The third-order valence-electron chi connectivity index (χ3n) is 2.40. The number of carbonyl (C=O) groups is 3. The Labute approximate surface area is 105 Å². The highest BCUT2D eigenvalue weighted by atomic mass is 16.5. The molecular formula is C14H14O4. The smallest absolute Gasteiger partial charge is 0.337 e. The normalized spacial score (nSPS) is 9.50. The number of rotatable bonds is 4. The van der Waals surface area contributed by atoms with Crippen molar-refractivity contribution in [3.63, 3.8) is 0 Å². The number of Topliss-reactive ketones (excluding diaryl/α,β-unsaturated/α-hetero) is 2. The van der Waals surface area contributed by atoms with Crippen molar-refractivity contribution in [3.05, 3.63) is 41.0 Å². The predicted octanol–water partition coefficient (Wildman–Crippen LogP) is 2.03. The Kier molecular flexibility index (Phi) is 4.54. The van der Waals surface area contributed by atoms with Crippen LogP contribution in [0.4, 0.5) is 0 Å². The molecule has 0 radical (unpaired) electrons. The van der Waals surface area contributed by atoms with Crippen molar-refractivity contribution >= 4 is 23.6 Å². The molecule has 0 atom stereocenters. The molecule has 94 valence electrons. The molecule has 1 aromatic rings. The lowest BCUT2D eigenvalue weighted by molar-refractivity contribution is -0.119. The topological polar surface area (TPSA) is 60.4 Å². The molecule has 0 aliphatic heterocycles. The van der Waals surface area contributed by atoms with Gasteiger partial charge in [-0.3, -0.25) is 9.59 Å². The maximum Gasteiger partial charge on any atom is 0.337 e. The van der Waals surface area contributed by atoms with E-state index in [0.29, 0.717) is 11.1 Å². The fourth-order valence-corrected chi connectivity index (χ4v) is 1.45. The Morgan fingerprint density at radius 1 is 1.00 bits per heavy atom. The number of allylic oxidation sites excluding steroid dienone is 1. The third kappa shape index (κ3) is 3.38. The van der Waals surface area contributed by atoms with Crippen LogP contribution in [-0.4, -0.2) is 24.6 Å². The Bertz CT molecular complexity index is 493. The highest BCUT2D eigenvalue weighted by Gasteiger charge is 2.09. The minimum absolute atomic E-state index is 0.140. The lowest BCUT2D eigenvalue weighted by Gasteiger charge is -2.01. The zero-order chi connectivity index (χ0) is 13.7. The fourth-order valence-electron chi connectivity index (χ4n) is 1.45. The summed E-state index contributed by atoms with van der Waals surface area (Å²) in [6, 6.07) is 6.46. The summed E-state index contributed by atoms with van der Waals surface area (Å²) in [6.45, 7) is 2.69. The summed E-state index contributed by atoms with van der Waals surface area (Å²) in [4.78, 5) is 33.7. The van der Waals surface area contributed by atoms with Gasteiger partial charge < -0.3 is 4.74 Å². The van der Waals surface area contributed by atoms with Crippen molar-refractivity contribution < 1.29 is 19.1 Å². The number of methoxy groups -OCH3 is 1. The Morgan fingerprint density at radius 2 is 1.50 bits per heavy atom. The molecule has 0 saturated carbocycles. The van der Waals surface area contributed by atoms with Crippen molar-refractivity contribution in [2.45, 2.75) is 13.8 Å². The highest BCUT2D eigenvalue weighted by molar-refractivity contribution is 6.21. The van der Waals surface area contributed by atoms with Gasteiger partial charge in [0.1, 0.15) is 0 Å². The molecule has 18 heavy (non-hydrogen) atoms. The van der Waals surface area contributed by atoms with Gasteiger partial charge in [0.25, 0.3) is 0 Å². The van der Waals surface area contributed by atoms with Gasteiger partial charge in [-0.05, 0) is 37.6 Å². The van der Waals surface area contributed by atoms with Crippen LogP contribution >= 0.6 is 0 Å². The van der Waals surface area contributed by atoms with E-state index in [9.17, 15) is 14.4 Å². The second kappa shape index (κ2) is 5.91. The highest BCUT2D eigenvalue weighted by Crippen LogP contribution is 2.11. The fraction of sp³-hybridized carbons (Fsp3) is 0.214. The number of hydrogen-bond donors (Lipinski definition) is 0. The summed E-state index contributed by atoms with van der Waals surface area (Å²) in [5, 5.41) is 0. The van der Waals surface area contributed by atoms with Crippen molar-refractivity contribution in [2.75, 3.05) is 7.11 Å². The first-order chi connectivity index (χ1) is 8.45. The van der Waals surface area contributed by atoms with E-state index in [1.807, 2.05) is 0 Å². The first-order valence-corrected chi connectivity index (χ1v) is 5.37. The first-order valence-electron chi connectivity index (χ1n) is 5.37. The van der Waals surface area contributed by atoms with Crippen LogP contribution in [0.2, 0.25) is 0 Å². The molecule has 0 heterocycles. The van der Waals surface area contributed by atoms with E-state index < -0.39 is 5.97 Å². The molecule has 0 bridgehead atoms. The van der Waals surface area contributed by atoms with Gasteiger partial charge in [-0.15, -0.1) is 0 Å². The maximum atomic E-state index is 11.2. The van der Waals surface area contributed by atoms with Gasteiger partial charge in [0.05, 0.1) is 18.2 Å². The molecule has 0 aliphatic rings. The van der Waals surface area contributed by atoms with Gasteiger partial charge in [-0.1, -0.05) is 12.1 Å². The average Bonchev–Trinajstić information content (AvgIpc) is 2.35. The molecule has 0 fully saturated rings. The number of hydrogen-bond acceptors (Lipinski definition) is 4. The van der Waals surface area contributed by atoms with Crippen molar-refractivity contribution in [1.29, 1.82) is 0 Å². The zero-order valence-corrected chi connectivity index (χ0v) is 10.5. The summed E-state index contributed by atoms with van der Waals surface area (Å²) in [7, 11) is 1.31. The van der Waals surface area contributed by atoms with E-state index in [2.05, 4.69) is 4.74 Å². The van der Waals surface area contributed by atoms with E-state index in [1.165, 1.54) is 27.0 Å². The lowest BCUT2D eigenvalue weighted by Crippen LogP contribution is -2.05. The molecule has 0 aromatic heterocycles. The van der Waals surface area contributed by atoms with Gasteiger partial charge in [0.2, 0.25) is 0 Å². The second-order valence-electron chi connectivity index (χ2n) is 3.78. The van der Waals surface area contributed by atoms with Crippen LogP contribution in [0.3, 0.4) is 0 Å². The molecule has 4 nitrogen and oxygen atoms in total. The molecule has 0 unspecified atom stereocenters. The largest absolute Gasteiger partial charge is 0.465 e. The molecule has 0 N–H and O–H groups in total. The number of benzene rings is 1. The van der Waals surface area contributed by atoms with Crippen molar-refractivity contribution in [3.8, 4) is 0 Å². The molecular weight excluding hydrogens is 232 g/mol. The van der Waals surface area contributed by atoms with Crippen LogP contribution in [0.15, 0.2) is 29.8 Å². The van der Waals surface area contributed by atoms with Crippen molar-refractivity contribution in [2.24, 2.45) is 0 Å². The molecule has 0 spiro atoms. The summed E-state index contributed by atoms with van der Waals surface area (Å²) in [5.74, 6) is -0.983. The summed E-state index contributed by atoms with van der Waals surface area (Å²) in [5.41, 5.74) is 1.24. The van der Waals surface area contributed by atoms with E-state index >= 15 is 0 Å². The monoisotopic (exact) mass is 246 g/mol. The van der Waals surface area contributed by atoms with Gasteiger partial charge in [-0.2, -0.15) is 0 Å². The van der Waals surface area contributed by atoms with E-state index in [-0.39, 0.29) is 17.1 Å². The lowest BCUT2D eigenvalue weighted by atomic mass is 10.0. The van der Waals surface area contributed by atoms with Crippen LogP contribution < -0.4 is 0 Å². The van der Waals surface area contributed by atoms with E-state index in [1.54, 1.807) is 24.3 Å². The van der Waals surface area contributed by atoms with Crippen LogP contribution in [0.5, 0.6) is 0 Å². The average molecular weight is 246 g/mol. The number of ketones is 2. The molecule has 0 saturated heterocycles. The summed E-state index contributed by atoms with van der Waals surface area (Å²) in [6.07, 6.45) is 1.51. The first kappa shape index (κ1) is 13.8.